The Hall–Kier alpha value is -0.380. The molecule has 0 spiro atoms. The second kappa shape index (κ2) is 5.30. The SMILES string of the molecule is CC1(C(=O)CCCS(C)(=O)=O)CCCCC1. The van der Waals surface area contributed by atoms with Crippen LogP contribution in [-0.4, -0.2) is 26.2 Å². The van der Waals surface area contributed by atoms with E-state index in [-0.39, 0.29) is 17.0 Å². The molecule has 0 bridgehead atoms. The van der Waals surface area contributed by atoms with Gasteiger partial charge in [0.1, 0.15) is 15.6 Å². The quantitative estimate of drug-likeness (QED) is 0.748. The maximum atomic E-state index is 12.0. The van der Waals surface area contributed by atoms with Gasteiger partial charge in [-0.05, 0) is 19.3 Å². The van der Waals surface area contributed by atoms with E-state index >= 15 is 0 Å². The molecule has 1 saturated carbocycles. The van der Waals surface area contributed by atoms with Crippen molar-refractivity contribution < 1.29 is 13.2 Å². The number of sulfone groups is 1. The monoisotopic (exact) mass is 246 g/mol. The Kier molecular flexibility index (Phi) is 4.53. The lowest BCUT2D eigenvalue weighted by atomic mass is 9.72. The van der Waals surface area contributed by atoms with Crippen LogP contribution in [0, 0.1) is 5.41 Å². The molecule has 0 aliphatic heterocycles. The van der Waals surface area contributed by atoms with Crippen molar-refractivity contribution in [2.24, 2.45) is 5.41 Å². The van der Waals surface area contributed by atoms with Gasteiger partial charge in [0.05, 0.1) is 5.75 Å². The fraction of sp³-hybridized carbons (Fsp3) is 0.917. The normalized spacial score (nSPS) is 20.6. The molecule has 0 N–H and O–H groups in total. The molecule has 0 saturated heterocycles. The second-order valence-electron chi connectivity index (χ2n) is 5.28. The highest BCUT2D eigenvalue weighted by Crippen LogP contribution is 2.37. The molecule has 0 aromatic carbocycles. The van der Waals surface area contributed by atoms with Crippen molar-refractivity contribution in [2.45, 2.75) is 51.9 Å². The Morgan fingerprint density at radius 2 is 1.75 bits per heavy atom. The van der Waals surface area contributed by atoms with Crippen LogP contribution in [0.15, 0.2) is 0 Å². The van der Waals surface area contributed by atoms with Gasteiger partial charge >= 0.3 is 0 Å². The van der Waals surface area contributed by atoms with Crippen molar-refractivity contribution >= 4 is 15.6 Å². The summed E-state index contributed by atoms with van der Waals surface area (Å²) in [5.41, 5.74) is -0.171. The zero-order valence-electron chi connectivity index (χ0n) is 10.3. The van der Waals surface area contributed by atoms with Gasteiger partial charge in [0.25, 0.3) is 0 Å². The van der Waals surface area contributed by atoms with Crippen molar-refractivity contribution in [1.82, 2.24) is 0 Å². The molecule has 1 aliphatic rings. The lowest BCUT2D eigenvalue weighted by Gasteiger charge is -2.32. The molecule has 0 aromatic heterocycles. The molecular weight excluding hydrogens is 224 g/mol. The van der Waals surface area contributed by atoms with E-state index in [1.54, 1.807) is 0 Å². The summed E-state index contributed by atoms with van der Waals surface area (Å²) < 4.78 is 21.9. The summed E-state index contributed by atoms with van der Waals surface area (Å²) in [7, 11) is -2.92. The molecule has 1 aliphatic carbocycles. The van der Waals surface area contributed by atoms with Crippen LogP contribution in [0.2, 0.25) is 0 Å². The third-order valence-electron chi connectivity index (χ3n) is 3.55. The van der Waals surface area contributed by atoms with Crippen molar-refractivity contribution in [2.75, 3.05) is 12.0 Å². The lowest BCUT2D eigenvalue weighted by molar-refractivity contribution is -0.129. The number of hydrogen-bond acceptors (Lipinski definition) is 3. The third kappa shape index (κ3) is 4.24. The molecule has 94 valence electrons. The van der Waals surface area contributed by atoms with E-state index in [0.29, 0.717) is 12.8 Å². The van der Waals surface area contributed by atoms with Gasteiger partial charge in [-0.1, -0.05) is 26.2 Å². The molecule has 1 fully saturated rings. The molecule has 16 heavy (non-hydrogen) atoms. The van der Waals surface area contributed by atoms with E-state index < -0.39 is 9.84 Å². The number of hydrogen-bond donors (Lipinski definition) is 0. The Balaban J connectivity index is 2.39. The Morgan fingerprint density at radius 1 is 1.19 bits per heavy atom. The van der Waals surface area contributed by atoms with E-state index in [1.165, 1.54) is 12.7 Å². The predicted octanol–water partition coefficient (Wildman–Crippen LogP) is 2.35. The minimum atomic E-state index is -2.92. The van der Waals surface area contributed by atoms with Crippen LogP contribution in [0.3, 0.4) is 0 Å². The summed E-state index contributed by atoms with van der Waals surface area (Å²) in [6, 6.07) is 0. The summed E-state index contributed by atoms with van der Waals surface area (Å²) in [6.45, 7) is 2.04. The van der Waals surface area contributed by atoms with E-state index in [9.17, 15) is 13.2 Å². The second-order valence-corrected chi connectivity index (χ2v) is 7.54. The fourth-order valence-electron chi connectivity index (χ4n) is 2.41. The van der Waals surface area contributed by atoms with E-state index in [4.69, 9.17) is 0 Å². The van der Waals surface area contributed by atoms with E-state index in [2.05, 4.69) is 0 Å². The topological polar surface area (TPSA) is 51.2 Å². The number of carbonyl (C=O) groups is 1. The first-order valence-corrected chi connectivity index (χ1v) is 8.11. The summed E-state index contributed by atoms with van der Waals surface area (Å²) in [6.07, 6.45) is 7.57. The van der Waals surface area contributed by atoms with Crippen molar-refractivity contribution in [3.8, 4) is 0 Å². The highest BCUT2D eigenvalue weighted by Gasteiger charge is 2.33. The van der Waals surface area contributed by atoms with Crippen molar-refractivity contribution in [3.63, 3.8) is 0 Å². The molecule has 0 atom stereocenters. The number of ketones is 1. The molecule has 0 heterocycles. The molecule has 0 amide bonds. The molecule has 4 heteroatoms. The fourth-order valence-corrected chi connectivity index (χ4v) is 3.08. The highest BCUT2D eigenvalue weighted by atomic mass is 32.2. The molecule has 0 unspecified atom stereocenters. The predicted molar refractivity (Wildman–Crippen MR) is 65.1 cm³/mol. The van der Waals surface area contributed by atoms with E-state index in [1.807, 2.05) is 6.92 Å². The van der Waals surface area contributed by atoms with Gasteiger partial charge in [-0.3, -0.25) is 4.79 Å². The first-order chi connectivity index (χ1) is 7.33. The first-order valence-electron chi connectivity index (χ1n) is 6.05. The third-order valence-corrected chi connectivity index (χ3v) is 4.58. The van der Waals surface area contributed by atoms with Crippen LogP contribution in [0.4, 0.5) is 0 Å². The Labute approximate surface area is 98.5 Å². The molecule has 0 radical (unpaired) electrons. The summed E-state index contributed by atoms with van der Waals surface area (Å²) in [5, 5.41) is 0. The zero-order chi connectivity index (χ0) is 12.2. The van der Waals surface area contributed by atoms with E-state index in [0.717, 1.165) is 25.7 Å². The average Bonchev–Trinajstić information content (AvgIpc) is 2.16. The number of carbonyl (C=O) groups excluding carboxylic acids is 1. The summed E-state index contributed by atoms with van der Waals surface area (Å²) >= 11 is 0. The largest absolute Gasteiger partial charge is 0.299 e. The van der Waals surface area contributed by atoms with Gasteiger partial charge < -0.3 is 0 Å². The first kappa shape index (κ1) is 13.7. The maximum Gasteiger partial charge on any atom is 0.147 e. The van der Waals surface area contributed by atoms with Crippen LogP contribution >= 0.6 is 0 Å². The van der Waals surface area contributed by atoms with Crippen LogP contribution in [0.5, 0.6) is 0 Å². The molecule has 3 nitrogen and oxygen atoms in total. The Morgan fingerprint density at radius 3 is 2.25 bits per heavy atom. The smallest absolute Gasteiger partial charge is 0.147 e. The highest BCUT2D eigenvalue weighted by molar-refractivity contribution is 7.90. The van der Waals surface area contributed by atoms with Gasteiger partial charge in [-0.2, -0.15) is 0 Å². The lowest BCUT2D eigenvalue weighted by Crippen LogP contribution is -2.30. The molecule has 1 rings (SSSR count). The molecule has 0 aromatic rings. The van der Waals surface area contributed by atoms with Gasteiger partial charge in [-0.15, -0.1) is 0 Å². The van der Waals surface area contributed by atoms with Gasteiger partial charge in [0, 0.05) is 18.1 Å². The average molecular weight is 246 g/mol. The zero-order valence-corrected chi connectivity index (χ0v) is 11.1. The number of Topliss-reactive ketones (excluding diaryl/α,β-unsaturated/α-hetero) is 1. The van der Waals surface area contributed by atoms with Crippen molar-refractivity contribution in [3.05, 3.63) is 0 Å². The standard InChI is InChI=1S/C12H22O3S/c1-12(8-4-3-5-9-12)11(13)7-6-10-16(2,14)15/h3-10H2,1-2H3. The number of rotatable bonds is 5. The van der Waals surface area contributed by atoms with Crippen LogP contribution in [-0.2, 0) is 14.6 Å². The maximum absolute atomic E-state index is 12.0. The van der Waals surface area contributed by atoms with Crippen LogP contribution < -0.4 is 0 Å². The Bertz CT molecular complexity index is 337. The molecular formula is C12H22O3S. The minimum Gasteiger partial charge on any atom is -0.299 e. The van der Waals surface area contributed by atoms with Crippen LogP contribution in [0.1, 0.15) is 51.9 Å². The van der Waals surface area contributed by atoms with Gasteiger partial charge in [0.2, 0.25) is 0 Å². The van der Waals surface area contributed by atoms with Crippen molar-refractivity contribution in [1.29, 1.82) is 0 Å². The minimum absolute atomic E-state index is 0.134. The van der Waals surface area contributed by atoms with Crippen LogP contribution in [0.25, 0.3) is 0 Å². The summed E-state index contributed by atoms with van der Waals surface area (Å²) in [4.78, 5) is 12.0. The van der Waals surface area contributed by atoms with Gasteiger partial charge in [0.15, 0.2) is 0 Å². The summed E-state index contributed by atoms with van der Waals surface area (Å²) in [5.74, 6) is 0.394. The van der Waals surface area contributed by atoms with Gasteiger partial charge in [-0.25, -0.2) is 8.42 Å².